The molecule has 4 heteroatoms. The Morgan fingerprint density at radius 3 is 2.71 bits per heavy atom. The van der Waals surface area contributed by atoms with E-state index in [2.05, 4.69) is 4.74 Å². The van der Waals surface area contributed by atoms with E-state index in [1.807, 2.05) is 6.07 Å². The molecule has 0 bridgehead atoms. The fourth-order valence-corrected chi connectivity index (χ4v) is 1.09. The van der Waals surface area contributed by atoms with Crippen molar-refractivity contribution in [2.24, 2.45) is 0 Å². The van der Waals surface area contributed by atoms with Crippen molar-refractivity contribution in [1.29, 1.82) is 5.26 Å². The third kappa shape index (κ3) is 1.67. The van der Waals surface area contributed by atoms with Crippen molar-refractivity contribution in [2.45, 2.75) is 6.92 Å². The molecule has 4 nitrogen and oxygen atoms in total. The van der Waals surface area contributed by atoms with Crippen molar-refractivity contribution in [3.8, 4) is 6.07 Å². The van der Waals surface area contributed by atoms with Crippen LogP contribution in [0, 0.1) is 18.3 Å². The number of hydrogen-bond donors (Lipinski definition) is 1. The van der Waals surface area contributed by atoms with Gasteiger partial charge in [-0.05, 0) is 24.6 Å². The SMILES string of the molecule is COC(=O)c1cc(N)c(C)c(C#N)c1. The summed E-state index contributed by atoms with van der Waals surface area (Å²) < 4.78 is 4.53. The predicted octanol–water partition coefficient (Wildman–Crippen LogP) is 1.24. The number of carbonyl (C=O) groups excluding carboxylic acids is 1. The normalized spacial score (nSPS) is 9.21. The van der Waals surface area contributed by atoms with Crippen LogP contribution < -0.4 is 5.73 Å². The van der Waals surface area contributed by atoms with Gasteiger partial charge in [0.15, 0.2) is 0 Å². The molecule has 2 N–H and O–H groups in total. The first-order chi connectivity index (χ1) is 6.60. The maximum absolute atomic E-state index is 11.2. The molecule has 14 heavy (non-hydrogen) atoms. The Labute approximate surface area is 81.9 Å². The van der Waals surface area contributed by atoms with Gasteiger partial charge in [-0.1, -0.05) is 0 Å². The van der Waals surface area contributed by atoms with Crippen molar-refractivity contribution in [3.63, 3.8) is 0 Å². The Kier molecular flexibility index (Phi) is 2.73. The summed E-state index contributed by atoms with van der Waals surface area (Å²) in [6, 6.07) is 4.94. The summed E-state index contributed by atoms with van der Waals surface area (Å²) >= 11 is 0. The highest BCUT2D eigenvalue weighted by Gasteiger charge is 2.10. The Morgan fingerprint density at radius 2 is 2.21 bits per heavy atom. The van der Waals surface area contributed by atoms with Crippen molar-refractivity contribution >= 4 is 11.7 Å². The summed E-state index contributed by atoms with van der Waals surface area (Å²) in [5.41, 5.74) is 7.42. The quantitative estimate of drug-likeness (QED) is 0.533. The summed E-state index contributed by atoms with van der Waals surface area (Å²) in [5.74, 6) is -0.492. The summed E-state index contributed by atoms with van der Waals surface area (Å²) in [6.45, 7) is 1.73. The van der Waals surface area contributed by atoms with Crippen LogP contribution in [-0.4, -0.2) is 13.1 Å². The molecule has 0 aromatic heterocycles. The Hall–Kier alpha value is -2.02. The number of ether oxygens (including phenoxy) is 1. The fraction of sp³-hybridized carbons (Fsp3) is 0.200. The molecule has 0 amide bonds. The molecule has 0 atom stereocenters. The molecule has 1 rings (SSSR count). The van der Waals surface area contributed by atoms with Gasteiger partial charge >= 0.3 is 5.97 Å². The molecule has 0 spiro atoms. The number of methoxy groups -OCH3 is 1. The molecule has 0 saturated carbocycles. The zero-order valence-electron chi connectivity index (χ0n) is 8.00. The van der Waals surface area contributed by atoms with Crippen LogP contribution in [0.25, 0.3) is 0 Å². The zero-order chi connectivity index (χ0) is 10.7. The van der Waals surface area contributed by atoms with Gasteiger partial charge in [-0.3, -0.25) is 0 Å². The molecule has 0 aliphatic carbocycles. The Bertz CT molecular complexity index is 419. The molecule has 1 aromatic rings. The first-order valence-electron chi connectivity index (χ1n) is 3.98. The monoisotopic (exact) mass is 190 g/mol. The molecular formula is C10H10N2O2. The van der Waals surface area contributed by atoms with E-state index in [1.165, 1.54) is 19.2 Å². The fourth-order valence-electron chi connectivity index (χ4n) is 1.09. The van der Waals surface area contributed by atoms with Crippen LogP contribution in [0.15, 0.2) is 12.1 Å². The number of rotatable bonds is 1. The van der Waals surface area contributed by atoms with Gasteiger partial charge in [0.1, 0.15) is 0 Å². The second-order valence-electron chi connectivity index (χ2n) is 2.84. The van der Waals surface area contributed by atoms with E-state index in [9.17, 15) is 4.79 Å². The Balaban J connectivity index is 3.32. The lowest BCUT2D eigenvalue weighted by Crippen LogP contribution is -2.04. The zero-order valence-corrected chi connectivity index (χ0v) is 8.00. The number of nitriles is 1. The molecule has 0 aliphatic rings. The minimum absolute atomic E-state index is 0.298. The van der Waals surface area contributed by atoms with Gasteiger partial charge in [0.2, 0.25) is 0 Å². The summed E-state index contributed by atoms with van der Waals surface area (Å²) in [4.78, 5) is 11.2. The van der Waals surface area contributed by atoms with Gasteiger partial charge in [-0.25, -0.2) is 4.79 Å². The molecule has 0 aliphatic heterocycles. The topological polar surface area (TPSA) is 76.1 Å². The second kappa shape index (κ2) is 3.79. The minimum Gasteiger partial charge on any atom is -0.465 e. The average molecular weight is 190 g/mol. The number of benzene rings is 1. The molecular weight excluding hydrogens is 180 g/mol. The van der Waals surface area contributed by atoms with Crippen LogP contribution in [0.1, 0.15) is 21.5 Å². The number of esters is 1. The van der Waals surface area contributed by atoms with Crippen molar-refractivity contribution in [1.82, 2.24) is 0 Å². The lowest BCUT2D eigenvalue weighted by atomic mass is 10.0. The molecule has 1 aromatic carbocycles. The van der Waals surface area contributed by atoms with E-state index in [0.717, 1.165) is 0 Å². The third-order valence-electron chi connectivity index (χ3n) is 1.99. The number of nitrogens with two attached hydrogens (primary N) is 1. The van der Waals surface area contributed by atoms with Crippen molar-refractivity contribution < 1.29 is 9.53 Å². The first kappa shape index (κ1) is 10.1. The van der Waals surface area contributed by atoms with Gasteiger partial charge in [0.05, 0.1) is 24.3 Å². The lowest BCUT2D eigenvalue weighted by molar-refractivity contribution is 0.0601. The van der Waals surface area contributed by atoms with Crippen LogP contribution in [0.2, 0.25) is 0 Å². The van der Waals surface area contributed by atoms with E-state index in [1.54, 1.807) is 6.92 Å². The highest BCUT2D eigenvalue weighted by molar-refractivity contribution is 5.91. The average Bonchev–Trinajstić information content (AvgIpc) is 2.20. The van der Waals surface area contributed by atoms with Gasteiger partial charge in [0.25, 0.3) is 0 Å². The van der Waals surface area contributed by atoms with E-state index in [-0.39, 0.29) is 0 Å². The molecule has 0 saturated heterocycles. The maximum atomic E-state index is 11.2. The van der Waals surface area contributed by atoms with Crippen LogP contribution in [0.3, 0.4) is 0 Å². The van der Waals surface area contributed by atoms with Crippen molar-refractivity contribution in [2.75, 3.05) is 12.8 Å². The number of carbonyl (C=O) groups is 1. The van der Waals surface area contributed by atoms with Gasteiger partial charge < -0.3 is 10.5 Å². The highest BCUT2D eigenvalue weighted by Crippen LogP contribution is 2.18. The lowest BCUT2D eigenvalue weighted by Gasteiger charge is -2.05. The smallest absolute Gasteiger partial charge is 0.337 e. The van der Waals surface area contributed by atoms with Crippen LogP contribution in [0.5, 0.6) is 0 Å². The van der Waals surface area contributed by atoms with Crippen molar-refractivity contribution in [3.05, 3.63) is 28.8 Å². The van der Waals surface area contributed by atoms with Gasteiger partial charge in [-0.15, -0.1) is 0 Å². The van der Waals surface area contributed by atoms with Gasteiger partial charge in [0, 0.05) is 5.69 Å². The standard InChI is InChI=1S/C10H10N2O2/c1-6-8(5-11)3-7(4-9(6)12)10(13)14-2/h3-4H,12H2,1-2H3. The largest absolute Gasteiger partial charge is 0.465 e. The second-order valence-corrected chi connectivity index (χ2v) is 2.84. The first-order valence-corrected chi connectivity index (χ1v) is 3.98. The number of anilines is 1. The van der Waals surface area contributed by atoms with E-state index in [0.29, 0.717) is 22.4 Å². The summed E-state index contributed by atoms with van der Waals surface area (Å²) in [6.07, 6.45) is 0. The number of nitrogen functional groups attached to an aromatic ring is 1. The van der Waals surface area contributed by atoms with E-state index in [4.69, 9.17) is 11.0 Å². The minimum atomic E-state index is -0.492. The third-order valence-corrected chi connectivity index (χ3v) is 1.99. The maximum Gasteiger partial charge on any atom is 0.337 e. The number of nitrogens with zero attached hydrogens (tertiary/aromatic N) is 1. The highest BCUT2D eigenvalue weighted by atomic mass is 16.5. The van der Waals surface area contributed by atoms with Crippen LogP contribution >= 0.6 is 0 Å². The molecule has 0 heterocycles. The Morgan fingerprint density at radius 1 is 1.57 bits per heavy atom. The molecule has 0 fully saturated rings. The molecule has 0 unspecified atom stereocenters. The van der Waals surface area contributed by atoms with Crippen LogP contribution in [0.4, 0.5) is 5.69 Å². The summed E-state index contributed by atoms with van der Waals surface area (Å²) in [7, 11) is 1.28. The summed E-state index contributed by atoms with van der Waals surface area (Å²) in [5, 5.41) is 8.76. The number of hydrogen-bond acceptors (Lipinski definition) is 4. The molecule has 0 radical (unpaired) electrons. The molecule has 72 valence electrons. The van der Waals surface area contributed by atoms with Gasteiger partial charge in [-0.2, -0.15) is 5.26 Å². The predicted molar refractivity (Wildman–Crippen MR) is 51.6 cm³/mol. The van der Waals surface area contributed by atoms with E-state index >= 15 is 0 Å². The van der Waals surface area contributed by atoms with E-state index < -0.39 is 5.97 Å². The van der Waals surface area contributed by atoms with Crippen LogP contribution in [-0.2, 0) is 4.74 Å².